The molecule has 1 atom stereocenters. The van der Waals surface area contributed by atoms with Crippen LogP contribution >= 0.6 is 11.8 Å². The molecule has 0 N–H and O–H groups in total. The van der Waals surface area contributed by atoms with Gasteiger partial charge < -0.3 is 4.90 Å². The smallest absolute Gasteiger partial charge is 0.235 e. The molecular weight excluding hydrogens is 358 g/mol. The van der Waals surface area contributed by atoms with Gasteiger partial charge in [0.05, 0.1) is 11.8 Å². The maximum atomic E-state index is 12.7. The number of hydrogen-bond acceptors (Lipinski definition) is 5. The van der Waals surface area contributed by atoms with Crippen molar-refractivity contribution >= 4 is 17.7 Å². The van der Waals surface area contributed by atoms with Crippen LogP contribution in [0.25, 0.3) is 5.69 Å². The van der Waals surface area contributed by atoms with E-state index in [9.17, 15) is 4.79 Å². The molecule has 1 amide bonds. The Balaban J connectivity index is 1.86. The van der Waals surface area contributed by atoms with Crippen molar-refractivity contribution in [1.82, 2.24) is 24.6 Å². The summed E-state index contributed by atoms with van der Waals surface area (Å²) in [6.07, 6.45) is 2.49. The lowest BCUT2D eigenvalue weighted by molar-refractivity contribution is -0.129. The fourth-order valence-electron chi connectivity index (χ4n) is 3.46. The molecule has 0 bridgehead atoms. The second kappa shape index (κ2) is 9.37. The van der Waals surface area contributed by atoms with Gasteiger partial charge in [-0.15, -0.1) is 10.2 Å². The van der Waals surface area contributed by atoms with E-state index in [1.54, 1.807) is 0 Å². The Morgan fingerprint density at radius 3 is 2.44 bits per heavy atom. The largest absolute Gasteiger partial charge is 0.342 e. The van der Waals surface area contributed by atoms with Crippen LogP contribution in [0.2, 0.25) is 0 Å². The number of rotatable bonds is 8. The fraction of sp³-hybridized carbons (Fsp3) is 0.550. The van der Waals surface area contributed by atoms with Crippen molar-refractivity contribution in [3.8, 4) is 5.69 Å². The lowest BCUT2D eigenvalue weighted by atomic mass is 10.3. The third kappa shape index (κ3) is 4.71. The standard InChI is InChI=1S/C20H29N5OS/c1-4-24(5-2)19(26)16(3)27-20-22-21-18(15-23-13-9-10-14-23)25(20)17-11-7-6-8-12-17/h6-8,11-12,16H,4-5,9-10,13-15H2,1-3H3. The maximum absolute atomic E-state index is 12.7. The van der Waals surface area contributed by atoms with E-state index in [0.717, 1.165) is 49.4 Å². The average molecular weight is 388 g/mol. The molecule has 2 aromatic rings. The number of likely N-dealkylation sites (tertiary alicyclic amines) is 1. The minimum absolute atomic E-state index is 0.147. The third-order valence-corrected chi connectivity index (χ3v) is 6.01. The lowest BCUT2D eigenvalue weighted by Crippen LogP contribution is -2.36. The Hall–Kier alpha value is -1.86. The first-order valence-corrected chi connectivity index (χ1v) is 10.7. The van der Waals surface area contributed by atoms with Crippen LogP contribution in [-0.4, -0.2) is 61.9 Å². The summed E-state index contributed by atoms with van der Waals surface area (Å²) in [6.45, 7) is 10.5. The van der Waals surface area contributed by atoms with Gasteiger partial charge in [0.2, 0.25) is 5.91 Å². The molecular formula is C20H29N5OS. The highest BCUT2D eigenvalue weighted by Gasteiger charge is 2.24. The van der Waals surface area contributed by atoms with Gasteiger partial charge >= 0.3 is 0 Å². The predicted octanol–water partition coefficient (Wildman–Crippen LogP) is 3.21. The zero-order valence-corrected chi connectivity index (χ0v) is 17.3. The SMILES string of the molecule is CCN(CC)C(=O)C(C)Sc1nnc(CN2CCCC2)n1-c1ccccc1. The third-order valence-electron chi connectivity index (χ3n) is 4.98. The van der Waals surface area contributed by atoms with Gasteiger partial charge in [0.25, 0.3) is 0 Å². The van der Waals surface area contributed by atoms with E-state index in [2.05, 4.69) is 31.8 Å². The molecule has 0 saturated carbocycles. The van der Waals surface area contributed by atoms with Crippen molar-refractivity contribution in [3.05, 3.63) is 36.2 Å². The zero-order valence-electron chi connectivity index (χ0n) is 16.5. The Labute approximate surface area is 165 Å². The number of amides is 1. The minimum Gasteiger partial charge on any atom is -0.342 e. The second-order valence-electron chi connectivity index (χ2n) is 6.82. The Bertz CT molecular complexity index is 738. The number of thioether (sulfide) groups is 1. The average Bonchev–Trinajstić information content (AvgIpc) is 3.34. The number of aromatic nitrogens is 3. The van der Waals surface area contributed by atoms with Crippen LogP contribution in [0.1, 0.15) is 39.4 Å². The molecule has 1 aliphatic rings. The van der Waals surface area contributed by atoms with Crippen molar-refractivity contribution in [2.45, 2.75) is 50.6 Å². The predicted molar refractivity (Wildman–Crippen MR) is 109 cm³/mol. The Kier molecular flexibility index (Phi) is 6.90. The highest BCUT2D eigenvalue weighted by atomic mass is 32.2. The highest BCUT2D eigenvalue weighted by Crippen LogP contribution is 2.27. The number of hydrogen-bond donors (Lipinski definition) is 0. The summed E-state index contributed by atoms with van der Waals surface area (Å²) in [5.74, 6) is 1.08. The molecule has 1 saturated heterocycles. The van der Waals surface area contributed by atoms with Gasteiger partial charge in [-0.1, -0.05) is 30.0 Å². The van der Waals surface area contributed by atoms with E-state index in [4.69, 9.17) is 0 Å². The second-order valence-corrected chi connectivity index (χ2v) is 8.13. The molecule has 0 radical (unpaired) electrons. The van der Waals surface area contributed by atoms with Gasteiger partial charge in [-0.3, -0.25) is 14.3 Å². The molecule has 1 aromatic heterocycles. The van der Waals surface area contributed by atoms with E-state index in [-0.39, 0.29) is 11.2 Å². The quantitative estimate of drug-likeness (QED) is 0.651. The van der Waals surface area contributed by atoms with Gasteiger partial charge in [-0.05, 0) is 58.8 Å². The molecule has 1 aromatic carbocycles. The van der Waals surface area contributed by atoms with Crippen LogP contribution in [0, 0.1) is 0 Å². The monoisotopic (exact) mass is 387 g/mol. The summed E-state index contributed by atoms with van der Waals surface area (Å²) in [4.78, 5) is 17.0. The minimum atomic E-state index is -0.198. The summed E-state index contributed by atoms with van der Waals surface area (Å²) >= 11 is 1.49. The number of para-hydroxylation sites is 1. The van der Waals surface area contributed by atoms with Crippen molar-refractivity contribution in [1.29, 1.82) is 0 Å². The summed E-state index contributed by atoms with van der Waals surface area (Å²) < 4.78 is 2.11. The fourth-order valence-corrected chi connectivity index (χ4v) is 4.43. The number of nitrogens with zero attached hydrogens (tertiary/aromatic N) is 5. The number of benzene rings is 1. The van der Waals surface area contributed by atoms with E-state index in [1.807, 2.05) is 43.9 Å². The van der Waals surface area contributed by atoms with Crippen LogP contribution in [0.3, 0.4) is 0 Å². The first-order chi connectivity index (χ1) is 13.1. The zero-order chi connectivity index (χ0) is 19.2. The molecule has 7 heteroatoms. The molecule has 1 unspecified atom stereocenters. The van der Waals surface area contributed by atoms with Crippen molar-refractivity contribution in [3.63, 3.8) is 0 Å². The van der Waals surface area contributed by atoms with Gasteiger partial charge in [0.15, 0.2) is 11.0 Å². The van der Waals surface area contributed by atoms with Crippen LogP contribution in [0.4, 0.5) is 0 Å². The van der Waals surface area contributed by atoms with Crippen molar-refractivity contribution < 1.29 is 4.79 Å². The normalized spacial score (nSPS) is 15.8. The van der Waals surface area contributed by atoms with Crippen LogP contribution < -0.4 is 0 Å². The van der Waals surface area contributed by atoms with Gasteiger partial charge in [-0.2, -0.15) is 0 Å². The van der Waals surface area contributed by atoms with E-state index < -0.39 is 0 Å². The van der Waals surface area contributed by atoms with Crippen LogP contribution in [0.5, 0.6) is 0 Å². The first kappa shape index (κ1) is 19.9. The molecule has 1 aliphatic heterocycles. The molecule has 146 valence electrons. The van der Waals surface area contributed by atoms with E-state index in [0.29, 0.717) is 0 Å². The van der Waals surface area contributed by atoms with E-state index in [1.165, 1.54) is 24.6 Å². The highest BCUT2D eigenvalue weighted by molar-refractivity contribution is 8.00. The molecule has 3 rings (SSSR count). The van der Waals surface area contributed by atoms with Crippen molar-refractivity contribution in [2.75, 3.05) is 26.2 Å². The van der Waals surface area contributed by atoms with Gasteiger partial charge in [0, 0.05) is 18.8 Å². The number of carbonyl (C=O) groups is 1. The molecule has 2 heterocycles. The summed E-state index contributed by atoms with van der Waals surface area (Å²) in [7, 11) is 0. The molecule has 0 aliphatic carbocycles. The maximum Gasteiger partial charge on any atom is 0.235 e. The van der Waals surface area contributed by atoms with Crippen molar-refractivity contribution in [2.24, 2.45) is 0 Å². The van der Waals surface area contributed by atoms with Gasteiger partial charge in [0.1, 0.15) is 0 Å². The summed E-state index contributed by atoms with van der Waals surface area (Å²) in [6, 6.07) is 10.2. The van der Waals surface area contributed by atoms with E-state index >= 15 is 0 Å². The molecule has 6 nitrogen and oxygen atoms in total. The van der Waals surface area contributed by atoms with Crippen LogP contribution in [-0.2, 0) is 11.3 Å². The lowest BCUT2D eigenvalue weighted by Gasteiger charge is -2.22. The Morgan fingerprint density at radius 2 is 1.81 bits per heavy atom. The van der Waals surface area contributed by atoms with Crippen LogP contribution in [0.15, 0.2) is 35.5 Å². The summed E-state index contributed by atoms with van der Waals surface area (Å²) in [5, 5.41) is 9.51. The molecule has 27 heavy (non-hydrogen) atoms. The topological polar surface area (TPSA) is 54.3 Å². The Morgan fingerprint density at radius 1 is 1.15 bits per heavy atom. The van der Waals surface area contributed by atoms with Gasteiger partial charge in [-0.25, -0.2) is 0 Å². The molecule has 1 fully saturated rings. The molecule has 0 spiro atoms. The summed E-state index contributed by atoms with van der Waals surface area (Å²) in [5.41, 5.74) is 1.04. The first-order valence-electron chi connectivity index (χ1n) is 9.81. The number of carbonyl (C=O) groups excluding carboxylic acids is 1.